The van der Waals surface area contributed by atoms with E-state index in [1.807, 2.05) is 44.2 Å². The summed E-state index contributed by atoms with van der Waals surface area (Å²) < 4.78 is 10.9. The number of amides is 3. The minimum Gasteiger partial charge on any atom is -0.493 e. The molecule has 0 saturated carbocycles. The monoisotopic (exact) mass is 439 g/mol. The van der Waals surface area contributed by atoms with Crippen LogP contribution < -0.4 is 20.3 Å². The Morgan fingerprint density at radius 1 is 1.06 bits per heavy atom. The first kappa shape index (κ1) is 23.1. The van der Waals surface area contributed by atoms with Crippen LogP contribution in [-0.2, 0) is 16.0 Å². The molecule has 1 heterocycles. The lowest BCUT2D eigenvalue weighted by Gasteiger charge is -2.24. The average Bonchev–Trinajstić information content (AvgIpc) is 3.28. The van der Waals surface area contributed by atoms with Gasteiger partial charge in [0.15, 0.2) is 11.5 Å². The van der Waals surface area contributed by atoms with E-state index in [9.17, 15) is 14.4 Å². The van der Waals surface area contributed by atoms with Crippen molar-refractivity contribution in [2.24, 2.45) is 0 Å². The lowest BCUT2D eigenvalue weighted by Crippen LogP contribution is -2.51. The van der Waals surface area contributed by atoms with E-state index in [2.05, 4.69) is 10.9 Å². The van der Waals surface area contributed by atoms with Crippen LogP contribution in [0.2, 0.25) is 0 Å². The highest BCUT2D eigenvalue weighted by Crippen LogP contribution is 2.29. The van der Waals surface area contributed by atoms with Crippen molar-refractivity contribution in [1.29, 1.82) is 0 Å². The fourth-order valence-electron chi connectivity index (χ4n) is 3.64. The molecule has 0 aliphatic carbocycles. The number of hydrogen-bond donors (Lipinski definition) is 2. The van der Waals surface area contributed by atoms with Crippen molar-refractivity contribution >= 4 is 17.7 Å². The average molecular weight is 440 g/mol. The van der Waals surface area contributed by atoms with Gasteiger partial charge in [-0.2, -0.15) is 0 Å². The number of likely N-dealkylation sites (tertiary alicyclic amines) is 1. The van der Waals surface area contributed by atoms with Crippen molar-refractivity contribution in [3.05, 3.63) is 59.7 Å². The summed E-state index contributed by atoms with van der Waals surface area (Å²) in [4.78, 5) is 39.5. The van der Waals surface area contributed by atoms with E-state index < -0.39 is 17.9 Å². The van der Waals surface area contributed by atoms with Crippen molar-refractivity contribution in [3.8, 4) is 11.5 Å². The second-order valence-corrected chi connectivity index (χ2v) is 7.88. The summed E-state index contributed by atoms with van der Waals surface area (Å²) in [6, 6.07) is 13.6. The van der Waals surface area contributed by atoms with E-state index in [4.69, 9.17) is 9.47 Å². The minimum absolute atomic E-state index is 0.0400. The molecule has 0 spiro atoms. The highest BCUT2D eigenvalue weighted by Gasteiger charge is 2.34. The Hall–Kier alpha value is -3.55. The molecule has 32 heavy (non-hydrogen) atoms. The number of carbonyl (C=O) groups excluding carboxylic acids is 3. The van der Waals surface area contributed by atoms with Gasteiger partial charge in [-0.05, 0) is 50.5 Å². The molecule has 1 aliphatic heterocycles. The summed E-state index contributed by atoms with van der Waals surface area (Å²) in [5.74, 6) is -0.0599. The van der Waals surface area contributed by atoms with Gasteiger partial charge in [-0.3, -0.25) is 25.2 Å². The molecule has 1 saturated heterocycles. The third kappa shape index (κ3) is 5.78. The molecule has 1 aliphatic rings. The lowest BCUT2D eigenvalue weighted by molar-refractivity contribution is -0.138. The van der Waals surface area contributed by atoms with Gasteiger partial charge in [-0.25, -0.2) is 0 Å². The van der Waals surface area contributed by atoms with Crippen molar-refractivity contribution in [1.82, 2.24) is 15.8 Å². The van der Waals surface area contributed by atoms with Gasteiger partial charge in [0.1, 0.15) is 6.04 Å². The van der Waals surface area contributed by atoms with Gasteiger partial charge in [0.05, 0.1) is 19.6 Å². The Bertz CT molecular complexity index is 961. The first-order valence-electron chi connectivity index (χ1n) is 10.7. The predicted octanol–water partition coefficient (Wildman–Crippen LogP) is 2.48. The molecule has 0 aromatic heterocycles. The Labute approximate surface area is 187 Å². The van der Waals surface area contributed by atoms with Gasteiger partial charge < -0.3 is 14.4 Å². The SMILES string of the molecule is COc1cc(C(=O)NNC(=O)C2CCCN2C(=O)Cc2ccccc2)ccc1OC(C)C. The Kier molecular flexibility index (Phi) is 7.70. The van der Waals surface area contributed by atoms with Gasteiger partial charge in [0.25, 0.3) is 11.8 Å². The molecule has 3 amide bonds. The van der Waals surface area contributed by atoms with Gasteiger partial charge >= 0.3 is 0 Å². The zero-order chi connectivity index (χ0) is 23.1. The topological polar surface area (TPSA) is 97.0 Å². The van der Waals surface area contributed by atoms with Crippen LogP contribution in [0.25, 0.3) is 0 Å². The van der Waals surface area contributed by atoms with Crippen LogP contribution in [0.5, 0.6) is 11.5 Å². The Balaban J connectivity index is 1.58. The van der Waals surface area contributed by atoms with Gasteiger partial charge in [0.2, 0.25) is 5.91 Å². The number of rotatable bonds is 7. The highest BCUT2D eigenvalue weighted by atomic mass is 16.5. The van der Waals surface area contributed by atoms with Crippen LogP contribution in [0.4, 0.5) is 0 Å². The van der Waals surface area contributed by atoms with Crippen molar-refractivity contribution < 1.29 is 23.9 Å². The fraction of sp³-hybridized carbons (Fsp3) is 0.375. The first-order chi connectivity index (χ1) is 15.4. The van der Waals surface area contributed by atoms with Crippen LogP contribution in [0.1, 0.15) is 42.6 Å². The second kappa shape index (κ2) is 10.7. The van der Waals surface area contributed by atoms with Gasteiger partial charge in [0, 0.05) is 12.1 Å². The van der Waals surface area contributed by atoms with E-state index >= 15 is 0 Å². The van der Waals surface area contributed by atoms with Crippen LogP contribution in [0, 0.1) is 0 Å². The summed E-state index contributed by atoms with van der Waals surface area (Å²) >= 11 is 0. The third-order valence-electron chi connectivity index (χ3n) is 5.16. The second-order valence-electron chi connectivity index (χ2n) is 7.88. The molecule has 0 radical (unpaired) electrons. The summed E-state index contributed by atoms with van der Waals surface area (Å²) in [7, 11) is 1.49. The minimum atomic E-state index is -0.608. The molecule has 8 nitrogen and oxygen atoms in total. The fourth-order valence-corrected chi connectivity index (χ4v) is 3.64. The van der Waals surface area contributed by atoms with Gasteiger partial charge in [-0.1, -0.05) is 30.3 Å². The molecular formula is C24H29N3O5. The van der Waals surface area contributed by atoms with Crippen molar-refractivity contribution in [3.63, 3.8) is 0 Å². The van der Waals surface area contributed by atoms with Crippen LogP contribution in [-0.4, -0.2) is 48.4 Å². The molecule has 8 heteroatoms. The third-order valence-corrected chi connectivity index (χ3v) is 5.16. The smallest absolute Gasteiger partial charge is 0.269 e. The predicted molar refractivity (Wildman–Crippen MR) is 119 cm³/mol. The number of nitrogens with one attached hydrogen (secondary N) is 2. The number of hydrazine groups is 1. The molecule has 1 unspecified atom stereocenters. The number of methoxy groups -OCH3 is 1. The standard InChI is InChI=1S/C24H29N3O5/c1-16(2)32-20-12-11-18(15-21(20)31-3)23(29)25-26-24(30)19-10-7-13-27(19)22(28)14-17-8-5-4-6-9-17/h4-6,8-9,11-12,15-16,19H,7,10,13-14H2,1-3H3,(H,25,29)(H,26,30). The number of ether oxygens (including phenoxy) is 2. The molecule has 170 valence electrons. The van der Waals surface area contributed by atoms with E-state index in [0.29, 0.717) is 30.0 Å². The molecule has 0 bridgehead atoms. The molecular weight excluding hydrogens is 410 g/mol. The maximum Gasteiger partial charge on any atom is 0.269 e. The van der Waals surface area contributed by atoms with Gasteiger partial charge in [-0.15, -0.1) is 0 Å². The lowest BCUT2D eigenvalue weighted by atomic mass is 10.1. The summed E-state index contributed by atoms with van der Waals surface area (Å²) in [6.45, 7) is 4.31. The maximum absolute atomic E-state index is 12.7. The number of carbonyl (C=O) groups is 3. The van der Waals surface area contributed by atoms with Crippen molar-refractivity contribution in [2.45, 2.75) is 45.3 Å². The Morgan fingerprint density at radius 2 is 1.81 bits per heavy atom. The molecule has 1 atom stereocenters. The quantitative estimate of drug-likeness (QED) is 0.646. The molecule has 3 rings (SSSR count). The van der Waals surface area contributed by atoms with Crippen LogP contribution >= 0.6 is 0 Å². The number of hydrogen-bond acceptors (Lipinski definition) is 5. The van der Waals surface area contributed by atoms with E-state index in [0.717, 1.165) is 12.0 Å². The summed E-state index contributed by atoms with van der Waals surface area (Å²) in [5, 5.41) is 0. The van der Waals surface area contributed by atoms with E-state index in [1.165, 1.54) is 7.11 Å². The normalized spacial score (nSPS) is 15.4. The summed E-state index contributed by atoms with van der Waals surface area (Å²) in [6.07, 6.45) is 1.49. The largest absolute Gasteiger partial charge is 0.493 e. The molecule has 1 fully saturated rings. The van der Waals surface area contributed by atoms with E-state index in [1.54, 1.807) is 23.1 Å². The molecule has 2 aromatic carbocycles. The van der Waals surface area contributed by atoms with Crippen LogP contribution in [0.15, 0.2) is 48.5 Å². The van der Waals surface area contributed by atoms with Crippen molar-refractivity contribution in [2.75, 3.05) is 13.7 Å². The zero-order valence-electron chi connectivity index (χ0n) is 18.6. The molecule has 2 N–H and O–H groups in total. The first-order valence-corrected chi connectivity index (χ1v) is 10.7. The highest BCUT2D eigenvalue weighted by molar-refractivity contribution is 5.97. The maximum atomic E-state index is 12.7. The zero-order valence-corrected chi connectivity index (χ0v) is 18.6. The number of nitrogens with zero attached hydrogens (tertiary/aromatic N) is 1. The summed E-state index contributed by atoms with van der Waals surface area (Å²) in [5.41, 5.74) is 6.08. The molecule has 2 aromatic rings. The van der Waals surface area contributed by atoms with E-state index in [-0.39, 0.29) is 18.4 Å². The Morgan fingerprint density at radius 3 is 2.50 bits per heavy atom. The number of benzene rings is 2. The van der Waals surface area contributed by atoms with Crippen LogP contribution in [0.3, 0.4) is 0 Å².